The molecule has 2 aliphatic carbocycles. The zero-order valence-corrected chi connectivity index (χ0v) is 10.9. The van der Waals surface area contributed by atoms with Gasteiger partial charge in [0.25, 0.3) is 0 Å². The molecule has 2 saturated carbocycles. The Morgan fingerprint density at radius 1 is 1.11 bits per heavy atom. The highest BCUT2D eigenvalue weighted by atomic mass is 19.1. The standard InChI is InChI=1S/C16H22FN/c17-15-6-4-12(5-7-15)10-14(13-2-1-3-13)11-18-16-8-9-16/h4-7,13-14,16,18H,1-3,8-11H2. The fourth-order valence-electron chi connectivity index (χ4n) is 2.85. The highest BCUT2D eigenvalue weighted by Crippen LogP contribution is 2.35. The number of rotatable bonds is 6. The highest BCUT2D eigenvalue weighted by Gasteiger charge is 2.29. The van der Waals surface area contributed by atoms with Crippen molar-refractivity contribution < 1.29 is 4.39 Å². The van der Waals surface area contributed by atoms with Gasteiger partial charge in [-0.3, -0.25) is 0 Å². The van der Waals surface area contributed by atoms with E-state index in [-0.39, 0.29) is 5.82 Å². The van der Waals surface area contributed by atoms with Crippen LogP contribution in [-0.4, -0.2) is 12.6 Å². The van der Waals surface area contributed by atoms with Gasteiger partial charge in [0.05, 0.1) is 0 Å². The van der Waals surface area contributed by atoms with E-state index in [2.05, 4.69) is 5.32 Å². The van der Waals surface area contributed by atoms with E-state index in [9.17, 15) is 4.39 Å². The molecule has 0 spiro atoms. The van der Waals surface area contributed by atoms with E-state index in [4.69, 9.17) is 0 Å². The molecule has 1 nitrogen and oxygen atoms in total. The molecule has 2 heteroatoms. The number of hydrogen-bond donors (Lipinski definition) is 1. The van der Waals surface area contributed by atoms with Crippen LogP contribution in [0.25, 0.3) is 0 Å². The summed E-state index contributed by atoms with van der Waals surface area (Å²) < 4.78 is 12.9. The summed E-state index contributed by atoms with van der Waals surface area (Å²) in [5, 5.41) is 3.66. The van der Waals surface area contributed by atoms with Crippen LogP contribution in [0.4, 0.5) is 4.39 Å². The molecule has 0 radical (unpaired) electrons. The van der Waals surface area contributed by atoms with Crippen LogP contribution in [-0.2, 0) is 6.42 Å². The average Bonchev–Trinajstić information content (AvgIpc) is 3.10. The van der Waals surface area contributed by atoms with E-state index < -0.39 is 0 Å². The molecule has 98 valence electrons. The van der Waals surface area contributed by atoms with E-state index in [1.165, 1.54) is 37.7 Å². The van der Waals surface area contributed by atoms with Crippen molar-refractivity contribution in [2.24, 2.45) is 11.8 Å². The molecule has 2 aliphatic rings. The van der Waals surface area contributed by atoms with E-state index >= 15 is 0 Å². The summed E-state index contributed by atoms with van der Waals surface area (Å²) >= 11 is 0. The Hall–Kier alpha value is -0.890. The van der Waals surface area contributed by atoms with Gasteiger partial charge in [-0.25, -0.2) is 4.39 Å². The summed E-state index contributed by atoms with van der Waals surface area (Å²) in [6.07, 6.45) is 7.98. The average molecular weight is 247 g/mol. The minimum absolute atomic E-state index is 0.130. The summed E-state index contributed by atoms with van der Waals surface area (Å²) in [6, 6.07) is 7.85. The van der Waals surface area contributed by atoms with Crippen molar-refractivity contribution in [3.05, 3.63) is 35.6 Å². The quantitative estimate of drug-likeness (QED) is 0.811. The summed E-state index contributed by atoms with van der Waals surface area (Å²) in [5.74, 6) is 1.50. The van der Waals surface area contributed by atoms with E-state index in [0.717, 1.165) is 30.8 Å². The monoisotopic (exact) mass is 247 g/mol. The van der Waals surface area contributed by atoms with Crippen LogP contribution in [0.5, 0.6) is 0 Å². The van der Waals surface area contributed by atoms with Gasteiger partial charge in [-0.2, -0.15) is 0 Å². The fraction of sp³-hybridized carbons (Fsp3) is 0.625. The lowest BCUT2D eigenvalue weighted by Crippen LogP contribution is -2.34. The molecular weight excluding hydrogens is 225 g/mol. The number of halogens is 1. The highest BCUT2D eigenvalue weighted by molar-refractivity contribution is 5.17. The van der Waals surface area contributed by atoms with Gasteiger partial charge in [-0.1, -0.05) is 31.4 Å². The molecule has 1 aromatic carbocycles. The molecule has 18 heavy (non-hydrogen) atoms. The van der Waals surface area contributed by atoms with Crippen LogP contribution >= 0.6 is 0 Å². The van der Waals surface area contributed by atoms with Crippen molar-refractivity contribution in [1.82, 2.24) is 5.32 Å². The number of benzene rings is 1. The van der Waals surface area contributed by atoms with E-state index in [0.29, 0.717) is 0 Å². The van der Waals surface area contributed by atoms with Crippen molar-refractivity contribution in [1.29, 1.82) is 0 Å². The SMILES string of the molecule is Fc1ccc(CC(CNC2CC2)C2CCC2)cc1. The molecule has 1 aromatic rings. The molecule has 0 aliphatic heterocycles. The second-order valence-electron chi connectivity index (χ2n) is 5.96. The van der Waals surface area contributed by atoms with Crippen molar-refractivity contribution >= 4 is 0 Å². The van der Waals surface area contributed by atoms with Crippen LogP contribution in [0, 0.1) is 17.7 Å². The van der Waals surface area contributed by atoms with Gasteiger partial charge in [0.15, 0.2) is 0 Å². The van der Waals surface area contributed by atoms with Gasteiger partial charge in [0.1, 0.15) is 5.82 Å². The van der Waals surface area contributed by atoms with Gasteiger partial charge in [-0.15, -0.1) is 0 Å². The molecule has 1 unspecified atom stereocenters. The van der Waals surface area contributed by atoms with Crippen molar-refractivity contribution in [3.63, 3.8) is 0 Å². The summed E-state index contributed by atoms with van der Waals surface area (Å²) in [6.45, 7) is 1.15. The predicted octanol–water partition coefficient (Wildman–Crippen LogP) is 3.54. The van der Waals surface area contributed by atoms with Crippen molar-refractivity contribution in [2.45, 2.75) is 44.6 Å². The lowest BCUT2D eigenvalue weighted by Gasteiger charge is -2.34. The summed E-state index contributed by atoms with van der Waals surface area (Å²) in [5.41, 5.74) is 1.28. The maximum atomic E-state index is 12.9. The number of nitrogens with one attached hydrogen (secondary N) is 1. The minimum Gasteiger partial charge on any atom is -0.314 e. The third-order valence-corrected chi connectivity index (χ3v) is 4.47. The fourth-order valence-corrected chi connectivity index (χ4v) is 2.85. The predicted molar refractivity (Wildman–Crippen MR) is 72.0 cm³/mol. The Morgan fingerprint density at radius 3 is 2.39 bits per heavy atom. The van der Waals surface area contributed by atoms with Crippen LogP contribution in [0.1, 0.15) is 37.7 Å². The van der Waals surface area contributed by atoms with Gasteiger partial charge >= 0.3 is 0 Å². The van der Waals surface area contributed by atoms with E-state index in [1.807, 2.05) is 12.1 Å². The molecule has 0 saturated heterocycles. The summed E-state index contributed by atoms with van der Waals surface area (Å²) in [7, 11) is 0. The van der Waals surface area contributed by atoms with E-state index in [1.54, 1.807) is 12.1 Å². The normalized spacial score (nSPS) is 21.6. The molecule has 0 heterocycles. The molecule has 1 N–H and O–H groups in total. The first-order chi connectivity index (χ1) is 8.81. The van der Waals surface area contributed by atoms with Gasteiger partial charge in [0, 0.05) is 6.04 Å². The second-order valence-corrected chi connectivity index (χ2v) is 5.96. The first kappa shape index (κ1) is 12.2. The topological polar surface area (TPSA) is 12.0 Å². The second kappa shape index (κ2) is 5.40. The Morgan fingerprint density at radius 2 is 1.83 bits per heavy atom. The minimum atomic E-state index is -0.130. The molecule has 0 aromatic heterocycles. The largest absolute Gasteiger partial charge is 0.314 e. The Labute approximate surface area is 109 Å². The smallest absolute Gasteiger partial charge is 0.123 e. The van der Waals surface area contributed by atoms with Crippen molar-refractivity contribution in [2.75, 3.05) is 6.54 Å². The van der Waals surface area contributed by atoms with Crippen LogP contribution in [0.3, 0.4) is 0 Å². The lowest BCUT2D eigenvalue weighted by atomic mass is 9.73. The Balaban J connectivity index is 1.58. The lowest BCUT2D eigenvalue weighted by molar-refractivity contribution is 0.199. The zero-order chi connectivity index (χ0) is 12.4. The first-order valence-corrected chi connectivity index (χ1v) is 7.29. The van der Waals surface area contributed by atoms with Crippen LogP contribution < -0.4 is 5.32 Å². The van der Waals surface area contributed by atoms with Crippen molar-refractivity contribution in [3.8, 4) is 0 Å². The maximum Gasteiger partial charge on any atom is 0.123 e. The van der Waals surface area contributed by atoms with Gasteiger partial charge in [0.2, 0.25) is 0 Å². The molecule has 1 atom stereocenters. The summed E-state index contributed by atoms with van der Waals surface area (Å²) in [4.78, 5) is 0. The maximum absolute atomic E-state index is 12.9. The third kappa shape index (κ3) is 3.11. The van der Waals surface area contributed by atoms with Gasteiger partial charge in [-0.05, 0) is 55.3 Å². The zero-order valence-electron chi connectivity index (χ0n) is 10.9. The van der Waals surface area contributed by atoms with Crippen LogP contribution in [0.2, 0.25) is 0 Å². The first-order valence-electron chi connectivity index (χ1n) is 7.29. The Bertz CT molecular complexity index is 379. The molecule has 0 bridgehead atoms. The molecular formula is C16H22FN. The molecule has 2 fully saturated rings. The van der Waals surface area contributed by atoms with Crippen LogP contribution in [0.15, 0.2) is 24.3 Å². The number of hydrogen-bond acceptors (Lipinski definition) is 1. The Kier molecular flexibility index (Phi) is 3.64. The van der Waals surface area contributed by atoms with Gasteiger partial charge < -0.3 is 5.32 Å². The third-order valence-electron chi connectivity index (χ3n) is 4.47. The molecule has 0 amide bonds. The molecule has 3 rings (SSSR count).